The summed E-state index contributed by atoms with van der Waals surface area (Å²) < 4.78 is 25.9. The van der Waals surface area contributed by atoms with Gasteiger partial charge in [0.25, 0.3) is 0 Å². The van der Waals surface area contributed by atoms with Crippen molar-refractivity contribution in [2.24, 2.45) is 11.8 Å². The van der Waals surface area contributed by atoms with E-state index in [2.05, 4.69) is 18.6 Å². The van der Waals surface area contributed by atoms with Gasteiger partial charge >= 0.3 is 5.97 Å². The van der Waals surface area contributed by atoms with E-state index in [4.69, 9.17) is 5.11 Å². The van der Waals surface area contributed by atoms with Gasteiger partial charge in [0.1, 0.15) is 0 Å². The van der Waals surface area contributed by atoms with Crippen LogP contribution in [0.15, 0.2) is 0 Å². The smallest absolute Gasteiger partial charge is 0.304 e. The molecule has 0 bridgehead atoms. The Morgan fingerprint density at radius 3 is 2.53 bits per heavy atom. The number of carboxylic acids is 1. The van der Waals surface area contributed by atoms with E-state index in [1.54, 1.807) is 0 Å². The van der Waals surface area contributed by atoms with E-state index in [0.717, 1.165) is 19.3 Å². The van der Waals surface area contributed by atoms with Crippen LogP contribution < -0.4 is 4.72 Å². The molecule has 1 aliphatic carbocycles. The number of rotatable bonds is 6. The third kappa shape index (κ3) is 4.27. The van der Waals surface area contributed by atoms with E-state index in [-0.39, 0.29) is 18.2 Å². The van der Waals surface area contributed by atoms with Crippen molar-refractivity contribution < 1.29 is 18.3 Å². The largest absolute Gasteiger partial charge is 0.481 e. The summed E-state index contributed by atoms with van der Waals surface area (Å²) >= 11 is 0. The average molecular weight is 263 g/mol. The number of carboxylic acid groups (broad SMARTS) is 1. The van der Waals surface area contributed by atoms with E-state index in [1.165, 1.54) is 0 Å². The van der Waals surface area contributed by atoms with Crippen LogP contribution in [-0.4, -0.2) is 31.3 Å². The Bertz CT molecular complexity index is 366. The minimum atomic E-state index is -3.46. The van der Waals surface area contributed by atoms with Crippen molar-refractivity contribution in [1.29, 1.82) is 0 Å². The van der Waals surface area contributed by atoms with Crippen LogP contribution >= 0.6 is 0 Å². The van der Waals surface area contributed by atoms with Gasteiger partial charge in [-0.2, -0.15) is 0 Å². The second-order valence-corrected chi connectivity index (χ2v) is 6.67. The van der Waals surface area contributed by atoms with Crippen molar-refractivity contribution in [2.75, 3.05) is 5.75 Å². The van der Waals surface area contributed by atoms with Crippen LogP contribution in [0.5, 0.6) is 0 Å². The zero-order chi connectivity index (χ0) is 13.1. The number of hydrogen-bond donors (Lipinski definition) is 2. The van der Waals surface area contributed by atoms with Gasteiger partial charge in [0.2, 0.25) is 10.0 Å². The number of nitrogens with one attached hydrogen (secondary N) is 1. The fourth-order valence-corrected chi connectivity index (χ4v) is 3.86. The van der Waals surface area contributed by atoms with Crippen LogP contribution in [0.3, 0.4) is 0 Å². The van der Waals surface area contributed by atoms with Gasteiger partial charge < -0.3 is 5.11 Å². The van der Waals surface area contributed by atoms with Gasteiger partial charge in [0, 0.05) is 6.04 Å². The maximum absolute atomic E-state index is 11.7. The van der Waals surface area contributed by atoms with E-state index in [1.807, 2.05) is 0 Å². The molecule has 2 N–H and O–H groups in total. The molecule has 0 aromatic rings. The summed E-state index contributed by atoms with van der Waals surface area (Å²) in [6.45, 7) is 4.17. The standard InChI is InChI=1S/C11H21NO4S/c1-3-9-4-5-10(8(9)2)12-17(15,16)7-6-11(13)14/h8-10,12H,3-7H2,1-2H3,(H,13,14). The van der Waals surface area contributed by atoms with E-state index >= 15 is 0 Å². The first-order valence-electron chi connectivity index (χ1n) is 6.07. The van der Waals surface area contributed by atoms with Crippen LogP contribution in [0.4, 0.5) is 0 Å². The van der Waals surface area contributed by atoms with Gasteiger partial charge in [-0.1, -0.05) is 20.3 Å². The molecule has 6 heteroatoms. The van der Waals surface area contributed by atoms with E-state index in [9.17, 15) is 13.2 Å². The summed E-state index contributed by atoms with van der Waals surface area (Å²) in [6, 6.07) is -0.0289. The summed E-state index contributed by atoms with van der Waals surface area (Å²) in [4.78, 5) is 10.4. The van der Waals surface area contributed by atoms with Gasteiger partial charge in [0.05, 0.1) is 12.2 Å². The Hall–Kier alpha value is -0.620. The minimum absolute atomic E-state index is 0.0289. The molecule has 17 heavy (non-hydrogen) atoms. The Morgan fingerprint density at radius 2 is 2.06 bits per heavy atom. The summed E-state index contributed by atoms with van der Waals surface area (Å²) in [6.07, 6.45) is 2.62. The van der Waals surface area contributed by atoms with E-state index in [0.29, 0.717) is 11.8 Å². The van der Waals surface area contributed by atoms with Crippen LogP contribution in [0.25, 0.3) is 0 Å². The molecule has 5 nitrogen and oxygen atoms in total. The number of sulfonamides is 1. The zero-order valence-electron chi connectivity index (χ0n) is 10.3. The predicted molar refractivity (Wildman–Crippen MR) is 65.1 cm³/mol. The monoisotopic (exact) mass is 263 g/mol. The molecule has 100 valence electrons. The molecule has 0 radical (unpaired) electrons. The molecule has 0 aromatic carbocycles. The maximum Gasteiger partial charge on any atom is 0.304 e. The quantitative estimate of drug-likeness (QED) is 0.754. The van der Waals surface area contributed by atoms with Crippen molar-refractivity contribution in [3.63, 3.8) is 0 Å². The van der Waals surface area contributed by atoms with Crippen LogP contribution in [-0.2, 0) is 14.8 Å². The fraction of sp³-hybridized carbons (Fsp3) is 0.909. The molecule has 1 aliphatic rings. The highest BCUT2D eigenvalue weighted by Crippen LogP contribution is 2.34. The molecule has 0 spiro atoms. The van der Waals surface area contributed by atoms with E-state index < -0.39 is 16.0 Å². The second kappa shape index (κ2) is 5.82. The van der Waals surface area contributed by atoms with Crippen molar-refractivity contribution in [3.8, 4) is 0 Å². The molecule has 1 saturated carbocycles. The van der Waals surface area contributed by atoms with Gasteiger partial charge in [-0.05, 0) is 24.7 Å². The highest BCUT2D eigenvalue weighted by atomic mass is 32.2. The predicted octanol–water partition coefficient (Wildman–Crippen LogP) is 1.21. The Kier molecular flexibility index (Phi) is 4.94. The molecule has 0 heterocycles. The Balaban J connectivity index is 2.51. The highest BCUT2D eigenvalue weighted by molar-refractivity contribution is 7.89. The normalized spacial score (nSPS) is 29.4. The molecular weight excluding hydrogens is 242 g/mol. The first kappa shape index (κ1) is 14.4. The molecule has 1 fully saturated rings. The Labute approximate surface area is 103 Å². The Morgan fingerprint density at radius 1 is 1.41 bits per heavy atom. The summed E-state index contributed by atoms with van der Waals surface area (Å²) in [5.41, 5.74) is 0. The first-order chi connectivity index (χ1) is 7.85. The SMILES string of the molecule is CCC1CCC(NS(=O)(=O)CCC(=O)O)C1C. The lowest BCUT2D eigenvalue weighted by molar-refractivity contribution is -0.136. The third-order valence-corrected chi connectivity index (χ3v) is 5.07. The fourth-order valence-electron chi connectivity index (χ4n) is 2.50. The second-order valence-electron chi connectivity index (χ2n) is 4.79. The lowest BCUT2D eigenvalue weighted by atomic mass is 9.94. The van der Waals surface area contributed by atoms with Crippen LogP contribution in [0.1, 0.15) is 39.5 Å². The lowest BCUT2D eigenvalue weighted by Gasteiger charge is -2.20. The number of hydrogen-bond acceptors (Lipinski definition) is 3. The van der Waals surface area contributed by atoms with Crippen LogP contribution in [0, 0.1) is 11.8 Å². The molecule has 1 rings (SSSR count). The third-order valence-electron chi connectivity index (χ3n) is 3.67. The summed E-state index contributed by atoms with van der Waals surface area (Å²) in [5.74, 6) is -0.509. The van der Waals surface area contributed by atoms with Crippen molar-refractivity contribution in [3.05, 3.63) is 0 Å². The van der Waals surface area contributed by atoms with Gasteiger partial charge in [-0.3, -0.25) is 4.79 Å². The lowest BCUT2D eigenvalue weighted by Crippen LogP contribution is -2.39. The number of aliphatic carboxylic acids is 1. The van der Waals surface area contributed by atoms with Crippen molar-refractivity contribution in [1.82, 2.24) is 4.72 Å². The molecular formula is C11H21NO4S. The average Bonchev–Trinajstić information content (AvgIpc) is 2.57. The molecule has 0 aromatic heterocycles. The highest BCUT2D eigenvalue weighted by Gasteiger charge is 2.33. The summed E-state index contributed by atoms with van der Waals surface area (Å²) in [5, 5.41) is 8.48. The van der Waals surface area contributed by atoms with Crippen molar-refractivity contribution >= 4 is 16.0 Å². The topological polar surface area (TPSA) is 83.5 Å². The molecule has 3 unspecified atom stereocenters. The maximum atomic E-state index is 11.7. The molecule has 0 saturated heterocycles. The van der Waals surface area contributed by atoms with Gasteiger partial charge in [-0.25, -0.2) is 13.1 Å². The van der Waals surface area contributed by atoms with Gasteiger partial charge in [-0.15, -0.1) is 0 Å². The minimum Gasteiger partial charge on any atom is -0.481 e. The zero-order valence-corrected chi connectivity index (χ0v) is 11.2. The summed E-state index contributed by atoms with van der Waals surface area (Å²) in [7, 11) is -3.46. The molecule has 0 amide bonds. The number of carbonyl (C=O) groups is 1. The molecule has 3 atom stereocenters. The van der Waals surface area contributed by atoms with Gasteiger partial charge in [0.15, 0.2) is 0 Å². The van der Waals surface area contributed by atoms with Crippen molar-refractivity contribution in [2.45, 2.75) is 45.6 Å². The van der Waals surface area contributed by atoms with Crippen LogP contribution in [0.2, 0.25) is 0 Å². The molecule has 0 aliphatic heterocycles. The first-order valence-corrected chi connectivity index (χ1v) is 7.72.